The lowest BCUT2D eigenvalue weighted by Crippen LogP contribution is -2.31. The van der Waals surface area contributed by atoms with Gasteiger partial charge < -0.3 is 9.73 Å². The Hall–Kier alpha value is -1.86. The molecule has 3 aromatic rings. The van der Waals surface area contributed by atoms with Crippen LogP contribution in [0.15, 0.2) is 57.2 Å². The van der Waals surface area contributed by atoms with E-state index in [1.807, 2.05) is 29.8 Å². The second-order valence-electron chi connectivity index (χ2n) is 4.36. The second-order valence-corrected chi connectivity index (χ2v) is 6.18. The average Bonchev–Trinajstić information content (AvgIpc) is 3.21. The summed E-state index contributed by atoms with van der Waals surface area (Å²) < 4.78 is 8.12. The molecule has 21 heavy (non-hydrogen) atoms. The number of aromatic nitrogens is 2. The smallest absolute Gasteiger partial charge is 0.261 e. The quantitative estimate of drug-likeness (QED) is 0.754. The lowest BCUT2D eigenvalue weighted by atomic mass is 10.2. The van der Waals surface area contributed by atoms with Crippen LogP contribution in [-0.2, 0) is 0 Å². The lowest BCUT2D eigenvalue weighted by Gasteiger charge is -2.15. The number of halogens is 1. The summed E-state index contributed by atoms with van der Waals surface area (Å²) in [6.07, 6.45) is 5.17. The summed E-state index contributed by atoms with van der Waals surface area (Å²) >= 11 is 4.74. The first-order chi connectivity index (χ1) is 10.2. The van der Waals surface area contributed by atoms with E-state index >= 15 is 0 Å². The number of carbonyl (C=O) groups excluding carboxylic acids is 1. The van der Waals surface area contributed by atoms with Crippen LogP contribution in [0.1, 0.15) is 21.5 Å². The number of nitrogens with one attached hydrogen (secondary N) is 1. The SMILES string of the molecule is O=C(NCC(c1ccco1)n1cccn1)c1cc(Br)cs1. The van der Waals surface area contributed by atoms with Crippen molar-refractivity contribution in [3.8, 4) is 0 Å². The number of amides is 1. The topological polar surface area (TPSA) is 60.1 Å². The predicted octanol–water partition coefficient (Wildman–Crippen LogP) is 3.32. The van der Waals surface area contributed by atoms with Gasteiger partial charge in [0.2, 0.25) is 0 Å². The van der Waals surface area contributed by atoms with Gasteiger partial charge >= 0.3 is 0 Å². The molecule has 0 bridgehead atoms. The first kappa shape index (κ1) is 14.1. The van der Waals surface area contributed by atoms with Gasteiger partial charge in [-0.15, -0.1) is 11.3 Å². The van der Waals surface area contributed by atoms with Gasteiger partial charge in [-0.1, -0.05) is 0 Å². The van der Waals surface area contributed by atoms with E-state index in [0.29, 0.717) is 11.4 Å². The number of carbonyl (C=O) groups is 1. The fourth-order valence-electron chi connectivity index (χ4n) is 1.98. The fraction of sp³-hybridized carbons (Fsp3) is 0.143. The van der Waals surface area contributed by atoms with Crippen LogP contribution >= 0.6 is 27.3 Å². The molecule has 0 aliphatic heterocycles. The molecule has 0 radical (unpaired) electrons. The molecule has 0 aromatic carbocycles. The maximum atomic E-state index is 12.1. The number of rotatable bonds is 5. The molecule has 1 amide bonds. The van der Waals surface area contributed by atoms with Gasteiger partial charge in [-0.2, -0.15) is 5.10 Å². The van der Waals surface area contributed by atoms with Crippen molar-refractivity contribution >= 4 is 33.2 Å². The maximum Gasteiger partial charge on any atom is 0.261 e. The highest BCUT2D eigenvalue weighted by atomic mass is 79.9. The van der Waals surface area contributed by atoms with Crippen molar-refractivity contribution < 1.29 is 9.21 Å². The van der Waals surface area contributed by atoms with Crippen molar-refractivity contribution in [1.82, 2.24) is 15.1 Å². The Morgan fingerprint density at radius 1 is 1.52 bits per heavy atom. The number of thiophene rings is 1. The molecule has 7 heteroatoms. The molecule has 0 saturated heterocycles. The molecule has 0 saturated carbocycles. The van der Waals surface area contributed by atoms with Crippen LogP contribution in [0.5, 0.6) is 0 Å². The van der Waals surface area contributed by atoms with Crippen LogP contribution in [0.2, 0.25) is 0 Å². The van der Waals surface area contributed by atoms with E-state index in [1.54, 1.807) is 23.2 Å². The van der Waals surface area contributed by atoms with Gasteiger partial charge in [-0.25, -0.2) is 0 Å². The predicted molar refractivity (Wildman–Crippen MR) is 83.4 cm³/mol. The van der Waals surface area contributed by atoms with Gasteiger partial charge in [0.05, 0.1) is 11.1 Å². The summed E-state index contributed by atoms with van der Waals surface area (Å²) in [6.45, 7) is 0.406. The first-order valence-corrected chi connectivity index (χ1v) is 7.96. The first-order valence-electron chi connectivity index (χ1n) is 6.29. The van der Waals surface area contributed by atoms with Crippen molar-refractivity contribution in [3.05, 3.63) is 63.4 Å². The van der Waals surface area contributed by atoms with Gasteiger partial charge in [-0.05, 0) is 40.2 Å². The third-order valence-electron chi connectivity index (χ3n) is 2.96. The Balaban J connectivity index is 1.72. The minimum absolute atomic E-state index is 0.102. The van der Waals surface area contributed by atoms with Gasteiger partial charge in [0.25, 0.3) is 5.91 Å². The zero-order valence-electron chi connectivity index (χ0n) is 10.9. The average molecular weight is 366 g/mol. The highest BCUT2D eigenvalue weighted by Crippen LogP contribution is 2.21. The molecule has 0 spiro atoms. The van der Waals surface area contributed by atoms with Crippen molar-refractivity contribution in [1.29, 1.82) is 0 Å². The molecule has 3 heterocycles. The van der Waals surface area contributed by atoms with Crippen LogP contribution in [-0.4, -0.2) is 22.2 Å². The molecular weight excluding hydrogens is 354 g/mol. The molecule has 0 aliphatic rings. The summed E-state index contributed by atoms with van der Waals surface area (Å²) in [4.78, 5) is 12.8. The highest BCUT2D eigenvalue weighted by Gasteiger charge is 2.18. The monoisotopic (exact) mass is 365 g/mol. The van der Waals surface area contributed by atoms with Gasteiger partial charge in [0.15, 0.2) is 0 Å². The van der Waals surface area contributed by atoms with Gasteiger partial charge in [0.1, 0.15) is 11.8 Å². The van der Waals surface area contributed by atoms with E-state index in [-0.39, 0.29) is 11.9 Å². The maximum absolute atomic E-state index is 12.1. The standard InChI is InChI=1S/C14H12BrN3O2S/c15-10-7-13(21-9-10)14(19)16-8-11(12-3-1-6-20-12)18-5-2-4-17-18/h1-7,9,11H,8H2,(H,16,19). The van der Waals surface area contributed by atoms with Crippen LogP contribution in [0, 0.1) is 0 Å². The van der Waals surface area contributed by atoms with Crippen molar-refractivity contribution in [2.24, 2.45) is 0 Å². The second kappa shape index (κ2) is 6.28. The summed E-state index contributed by atoms with van der Waals surface area (Å²) in [5.74, 6) is 0.653. The van der Waals surface area contributed by atoms with Crippen LogP contribution in [0.4, 0.5) is 0 Å². The van der Waals surface area contributed by atoms with Crippen molar-refractivity contribution in [2.75, 3.05) is 6.54 Å². The van der Waals surface area contributed by atoms with Crippen molar-refractivity contribution in [2.45, 2.75) is 6.04 Å². The van der Waals surface area contributed by atoms with E-state index in [2.05, 4.69) is 26.3 Å². The number of hydrogen-bond acceptors (Lipinski definition) is 4. The van der Waals surface area contributed by atoms with E-state index < -0.39 is 0 Å². The molecule has 1 unspecified atom stereocenters. The Kier molecular flexibility index (Phi) is 4.21. The molecule has 3 rings (SSSR count). The lowest BCUT2D eigenvalue weighted by molar-refractivity contribution is 0.0952. The third-order valence-corrected chi connectivity index (χ3v) is 4.65. The fourth-order valence-corrected chi connectivity index (χ4v) is 3.32. The van der Waals surface area contributed by atoms with Gasteiger partial charge in [0, 0.05) is 28.8 Å². The number of furan rings is 1. The summed E-state index contributed by atoms with van der Waals surface area (Å²) in [5, 5.41) is 9.03. The van der Waals surface area contributed by atoms with Crippen molar-refractivity contribution in [3.63, 3.8) is 0 Å². The normalized spacial score (nSPS) is 12.2. The Morgan fingerprint density at radius 3 is 3.05 bits per heavy atom. The molecule has 108 valence electrons. The molecule has 0 fully saturated rings. The molecule has 3 aromatic heterocycles. The highest BCUT2D eigenvalue weighted by molar-refractivity contribution is 9.10. The molecule has 5 nitrogen and oxygen atoms in total. The number of nitrogens with zero attached hydrogens (tertiary/aromatic N) is 2. The van der Waals surface area contributed by atoms with Crippen LogP contribution < -0.4 is 5.32 Å². The molecule has 0 aliphatic carbocycles. The van der Waals surface area contributed by atoms with E-state index in [9.17, 15) is 4.79 Å². The molecule has 1 atom stereocenters. The zero-order valence-corrected chi connectivity index (χ0v) is 13.3. The van der Waals surface area contributed by atoms with Crippen LogP contribution in [0.25, 0.3) is 0 Å². The Bertz CT molecular complexity index is 672. The van der Waals surface area contributed by atoms with E-state index in [1.165, 1.54) is 11.3 Å². The molecule has 1 N–H and O–H groups in total. The number of hydrogen-bond donors (Lipinski definition) is 1. The largest absolute Gasteiger partial charge is 0.467 e. The zero-order chi connectivity index (χ0) is 14.7. The van der Waals surface area contributed by atoms with E-state index in [0.717, 1.165) is 10.2 Å². The summed E-state index contributed by atoms with van der Waals surface area (Å²) in [5.41, 5.74) is 0. The minimum Gasteiger partial charge on any atom is -0.467 e. The summed E-state index contributed by atoms with van der Waals surface area (Å²) in [6, 6.07) is 7.18. The third kappa shape index (κ3) is 3.25. The minimum atomic E-state index is -0.164. The Morgan fingerprint density at radius 2 is 2.43 bits per heavy atom. The van der Waals surface area contributed by atoms with E-state index in [4.69, 9.17) is 4.42 Å². The van der Waals surface area contributed by atoms with Gasteiger partial charge in [-0.3, -0.25) is 9.48 Å². The van der Waals surface area contributed by atoms with Crippen LogP contribution in [0.3, 0.4) is 0 Å². The molecular formula is C14H12BrN3O2S. The summed E-state index contributed by atoms with van der Waals surface area (Å²) in [7, 11) is 0. The Labute approximate surface area is 133 Å².